The lowest BCUT2D eigenvalue weighted by Crippen LogP contribution is -2.13. The third kappa shape index (κ3) is 2.25. The largest absolute Gasteiger partial charge is 0.377 e. The lowest BCUT2D eigenvalue weighted by atomic mass is 10.3. The summed E-state index contributed by atoms with van der Waals surface area (Å²) in [5.41, 5.74) is 1.55. The van der Waals surface area contributed by atoms with Gasteiger partial charge in [0.15, 0.2) is 5.65 Å². The molecule has 0 aliphatic carbocycles. The van der Waals surface area contributed by atoms with Gasteiger partial charge in [-0.3, -0.25) is 4.98 Å². The molecule has 88 valence electrons. The third-order valence-electron chi connectivity index (χ3n) is 2.88. The standard InChI is InChI=1S/C12H13N3OS/c1-8-10(4-7-16-8)17-11-3-2-9-12(15-11)14-6-5-13-9/h2-3,5-6,8,10H,4,7H2,1H3/t8-,10+/m1/s1. The molecule has 2 aromatic rings. The van der Waals surface area contributed by atoms with Gasteiger partial charge in [0.1, 0.15) is 5.52 Å². The molecule has 3 rings (SSSR count). The van der Waals surface area contributed by atoms with Crippen LogP contribution in [0.5, 0.6) is 0 Å². The van der Waals surface area contributed by atoms with Crippen molar-refractivity contribution < 1.29 is 4.74 Å². The molecule has 1 aliphatic heterocycles. The van der Waals surface area contributed by atoms with Crippen molar-refractivity contribution >= 4 is 22.9 Å². The third-order valence-corrected chi connectivity index (χ3v) is 4.28. The van der Waals surface area contributed by atoms with Gasteiger partial charge in [-0.25, -0.2) is 9.97 Å². The van der Waals surface area contributed by atoms with Crippen molar-refractivity contribution in [1.29, 1.82) is 0 Å². The predicted octanol–water partition coefficient (Wildman–Crippen LogP) is 2.29. The SMILES string of the molecule is C[C@H]1OCC[C@@H]1Sc1ccc2nccnc2n1. The first kappa shape index (κ1) is 10.9. The summed E-state index contributed by atoms with van der Waals surface area (Å²) in [6, 6.07) is 3.98. The summed E-state index contributed by atoms with van der Waals surface area (Å²) >= 11 is 1.77. The van der Waals surface area contributed by atoms with Gasteiger partial charge in [0.25, 0.3) is 0 Å². The van der Waals surface area contributed by atoms with Crippen LogP contribution in [0.25, 0.3) is 11.2 Å². The second-order valence-electron chi connectivity index (χ2n) is 4.07. The topological polar surface area (TPSA) is 47.9 Å². The van der Waals surface area contributed by atoms with Crippen molar-refractivity contribution in [3.8, 4) is 0 Å². The molecule has 3 heterocycles. The van der Waals surface area contributed by atoms with Gasteiger partial charge >= 0.3 is 0 Å². The highest BCUT2D eigenvalue weighted by Gasteiger charge is 2.25. The monoisotopic (exact) mass is 247 g/mol. The number of fused-ring (bicyclic) bond motifs is 1. The zero-order chi connectivity index (χ0) is 11.7. The van der Waals surface area contributed by atoms with E-state index in [2.05, 4.69) is 21.9 Å². The normalized spacial score (nSPS) is 24.3. The molecule has 0 saturated carbocycles. The van der Waals surface area contributed by atoms with Crippen molar-refractivity contribution in [2.45, 2.75) is 29.7 Å². The van der Waals surface area contributed by atoms with Gasteiger partial charge in [-0.15, -0.1) is 11.8 Å². The Morgan fingerprint density at radius 2 is 2.18 bits per heavy atom. The molecule has 0 unspecified atom stereocenters. The van der Waals surface area contributed by atoms with E-state index in [0.29, 0.717) is 17.0 Å². The highest BCUT2D eigenvalue weighted by atomic mass is 32.2. The van der Waals surface area contributed by atoms with Gasteiger partial charge in [0.2, 0.25) is 0 Å². The van der Waals surface area contributed by atoms with Crippen LogP contribution in [0.2, 0.25) is 0 Å². The molecule has 4 nitrogen and oxygen atoms in total. The molecular weight excluding hydrogens is 234 g/mol. The minimum Gasteiger partial charge on any atom is -0.377 e. The summed E-state index contributed by atoms with van der Waals surface area (Å²) in [7, 11) is 0. The molecule has 5 heteroatoms. The number of rotatable bonds is 2. The van der Waals surface area contributed by atoms with E-state index in [4.69, 9.17) is 4.74 Å². The fourth-order valence-electron chi connectivity index (χ4n) is 1.92. The minimum atomic E-state index is 0.305. The molecule has 0 spiro atoms. The van der Waals surface area contributed by atoms with E-state index in [0.717, 1.165) is 23.6 Å². The fraction of sp³-hybridized carbons (Fsp3) is 0.417. The van der Waals surface area contributed by atoms with Gasteiger partial charge in [-0.2, -0.15) is 0 Å². The molecule has 2 atom stereocenters. The molecule has 1 saturated heterocycles. The van der Waals surface area contributed by atoms with E-state index in [1.165, 1.54) is 0 Å². The number of hydrogen-bond donors (Lipinski definition) is 0. The Bertz CT molecular complexity index is 534. The van der Waals surface area contributed by atoms with Crippen LogP contribution in [0.15, 0.2) is 29.6 Å². The quantitative estimate of drug-likeness (QED) is 0.815. The number of thioether (sulfide) groups is 1. The maximum Gasteiger partial charge on any atom is 0.179 e. The number of pyridine rings is 1. The van der Waals surface area contributed by atoms with Crippen LogP contribution in [0, 0.1) is 0 Å². The lowest BCUT2D eigenvalue weighted by molar-refractivity contribution is 0.127. The maximum absolute atomic E-state index is 5.55. The minimum absolute atomic E-state index is 0.305. The first-order chi connectivity index (χ1) is 8.33. The zero-order valence-corrected chi connectivity index (χ0v) is 10.4. The van der Waals surface area contributed by atoms with Gasteiger partial charge in [-0.05, 0) is 25.5 Å². The number of hydrogen-bond acceptors (Lipinski definition) is 5. The summed E-state index contributed by atoms with van der Waals surface area (Å²) in [6.07, 6.45) is 4.75. The first-order valence-corrected chi connectivity index (χ1v) is 6.57. The van der Waals surface area contributed by atoms with Gasteiger partial charge < -0.3 is 4.74 Å². The molecule has 1 fully saturated rings. The van der Waals surface area contributed by atoms with Crippen LogP contribution in [-0.2, 0) is 4.74 Å². The highest BCUT2D eigenvalue weighted by molar-refractivity contribution is 7.99. The molecule has 0 aromatic carbocycles. The van der Waals surface area contributed by atoms with E-state index in [1.807, 2.05) is 12.1 Å². The van der Waals surface area contributed by atoms with Crippen molar-refractivity contribution in [2.75, 3.05) is 6.61 Å². The molecule has 17 heavy (non-hydrogen) atoms. The Morgan fingerprint density at radius 1 is 1.29 bits per heavy atom. The number of nitrogens with zero attached hydrogens (tertiary/aromatic N) is 3. The molecule has 2 aromatic heterocycles. The van der Waals surface area contributed by atoms with Crippen molar-refractivity contribution in [2.24, 2.45) is 0 Å². The Morgan fingerprint density at radius 3 is 3.00 bits per heavy atom. The molecule has 0 amide bonds. The molecule has 0 N–H and O–H groups in total. The van der Waals surface area contributed by atoms with E-state index >= 15 is 0 Å². The van der Waals surface area contributed by atoms with E-state index < -0.39 is 0 Å². The van der Waals surface area contributed by atoms with Gasteiger partial charge in [0.05, 0.1) is 11.1 Å². The summed E-state index contributed by atoms with van der Waals surface area (Å²) in [4.78, 5) is 12.9. The fourth-order valence-corrected chi connectivity index (χ4v) is 3.00. The van der Waals surface area contributed by atoms with Gasteiger partial charge in [-0.1, -0.05) is 0 Å². The summed E-state index contributed by atoms with van der Waals surface area (Å²) in [5.74, 6) is 0. The van der Waals surface area contributed by atoms with E-state index in [9.17, 15) is 0 Å². The van der Waals surface area contributed by atoms with Crippen LogP contribution in [0.4, 0.5) is 0 Å². The van der Waals surface area contributed by atoms with Crippen LogP contribution in [-0.4, -0.2) is 32.9 Å². The highest BCUT2D eigenvalue weighted by Crippen LogP contribution is 2.31. The smallest absolute Gasteiger partial charge is 0.179 e. The van der Waals surface area contributed by atoms with Crippen LogP contribution in [0.3, 0.4) is 0 Å². The van der Waals surface area contributed by atoms with E-state index in [1.54, 1.807) is 24.2 Å². The lowest BCUT2D eigenvalue weighted by Gasteiger charge is -2.12. The maximum atomic E-state index is 5.55. The Hall–Kier alpha value is -1.20. The Kier molecular flexibility index (Phi) is 2.94. The molecule has 0 bridgehead atoms. The summed E-state index contributed by atoms with van der Waals surface area (Å²) in [6.45, 7) is 2.97. The van der Waals surface area contributed by atoms with Crippen LogP contribution < -0.4 is 0 Å². The zero-order valence-electron chi connectivity index (χ0n) is 9.54. The van der Waals surface area contributed by atoms with Crippen molar-refractivity contribution in [1.82, 2.24) is 15.0 Å². The number of aromatic nitrogens is 3. The average molecular weight is 247 g/mol. The van der Waals surface area contributed by atoms with Crippen LogP contribution >= 0.6 is 11.8 Å². The Labute approximate surface area is 104 Å². The van der Waals surface area contributed by atoms with Crippen molar-refractivity contribution in [3.63, 3.8) is 0 Å². The second kappa shape index (κ2) is 4.58. The Balaban J connectivity index is 1.85. The second-order valence-corrected chi connectivity index (χ2v) is 5.33. The van der Waals surface area contributed by atoms with Gasteiger partial charge in [0, 0.05) is 24.3 Å². The molecule has 0 radical (unpaired) electrons. The summed E-state index contributed by atoms with van der Waals surface area (Å²) in [5, 5.41) is 1.50. The van der Waals surface area contributed by atoms with Crippen molar-refractivity contribution in [3.05, 3.63) is 24.5 Å². The molecular formula is C12H13N3OS. The van der Waals surface area contributed by atoms with Crippen LogP contribution in [0.1, 0.15) is 13.3 Å². The first-order valence-electron chi connectivity index (χ1n) is 5.69. The van der Waals surface area contributed by atoms with E-state index in [-0.39, 0.29) is 0 Å². The number of ether oxygens (including phenoxy) is 1. The summed E-state index contributed by atoms with van der Waals surface area (Å²) < 4.78 is 5.55. The molecule has 1 aliphatic rings. The predicted molar refractivity (Wildman–Crippen MR) is 67.0 cm³/mol. The average Bonchev–Trinajstić information content (AvgIpc) is 2.75.